The molecule has 0 amide bonds. The van der Waals surface area contributed by atoms with Crippen molar-refractivity contribution in [3.63, 3.8) is 0 Å². The molecule has 0 fully saturated rings. The number of phenols is 1. The van der Waals surface area contributed by atoms with Crippen molar-refractivity contribution in [3.8, 4) is 16.9 Å². The monoisotopic (exact) mass is 243 g/mol. The summed E-state index contributed by atoms with van der Waals surface area (Å²) in [6, 6.07) is 9.03. The number of phenolic OH excluding ortho intramolecular Hbond substituents is 1. The number of hydrogen-bond acceptors (Lipinski definition) is 4. The van der Waals surface area contributed by atoms with E-state index < -0.39 is 11.0 Å². The van der Waals surface area contributed by atoms with Crippen molar-refractivity contribution >= 4 is 5.69 Å². The van der Waals surface area contributed by atoms with E-state index in [0.29, 0.717) is 16.7 Å². The molecule has 2 aromatic carbocycles. The first-order chi connectivity index (χ1) is 8.58. The summed E-state index contributed by atoms with van der Waals surface area (Å²) in [6.07, 6.45) is -0.879. The van der Waals surface area contributed by atoms with Gasteiger partial charge in [-0.3, -0.25) is 10.1 Å². The van der Waals surface area contributed by atoms with Crippen LogP contribution in [0.5, 0.6) is 5.75 Å². The summed E-state index contributed by atoms with van der Waals surface area (Å²) in [6.45, 7) is 0. The van der Waals surface area contributed by atoms with Crippen LogP contribution in [0.4, 0.5) is 5.69 Å². The number of nitrogens with zero attached hydrogens (tertiary/aromatic N) is 1. The van der Waals surface area contributed by atoms with Crippen LogP contribution in [0.1, 0.15) is 17.2 Å². The zero-order chi connectivity index (χ0) is 12.9. The van der Waals surface area contributed by atoms with E-state index in [2.05, 4.69) is 0 Å². The van der Waals surface area contributed by atoms with Gasteiger partial charge in [0.15, 0.2) is 0 Å². The fraction of sp³-hybridized carbons (Fsp3) is 0.0769. The Bertz CT molecular complexity index is 666. The lowest BCUT2D eigenvalue weighted by atomic mass is 10.1. The maximum Gasteiger partial charge on any atom is 0.269 e. The molecule has 0 heterocycles. The summed E-state index contributed by atoms with van der Waals surface area (Å²) in [5.41, 5.74) is 2.55. The molecule has 1 unspecified atom stereocenters. The Labute approximate surface area is 102 Å². The molecule has 1 aliphatic rings. The predicted octanol–water partition coefficient (Wildman–Crippen LogP) is 2.36. The van der Waals surface area contributed by atoms with Gasteiger partial charge in [0.25, 0.3) is 5.69 Å². The van der Waals surface area contributed by atoms with Crippen molar-refractivity contribution in [2.24, 2.45) is 0 Å². The number of aromatic hydroxyl groups is 1. The Morgan fingerprint density at radius 3 is 2.56 bits per heavy atom. The molecule has 1 aliphatic carbocycles. The maximum atomic E-state index is 10.7. The van der Waals surface area contributed by atoms with E-state index in [0.717, 1.165) is 5.56 Å². The first-order valence-electron chi connectivity index (χ1n) is 5.37. The molecule has 90 valence electrons. The Kier molecular flexibility index (Phi) is 2.11. The van der Waals surface area contributed by atoms with Crippen LogP contribution in [0.2, 0.25) is 0 Å². The predicted molar refractivity (Wildman–Crippen MR) is 64.3 cm³/mol. The Hall–Kier alpha value is -2.40. The van der Waals surface area contributed by atoms with Crippen LogP contribution in [0.3, 0.4) is 0 Å². The van der Waals surface area contributed by atoms with Crippen molar-refractivity contribution in [1.29, 1.82) is 0 Å². The Balaban J connectivity index is 2.24. The third-order valence-electron chi connectivity index (χ3n) is 3.16. The minimum absolute atomic E-state index is 0.0511. The second-order valence-electron chi connectivity index (χ2n) is 4.20. The van der Waals surface area contributed by atoms with Crippen LogP contribution in [-0.2, 0) is 0 Å². The molecular formula is C13H9NO4. The minimum Gasteiger partial charge on any atom is -0.508 e. The fourth-order valence-corrected chi connectivity index (χ4v) is 2.32. The van der Waals surface area contributed by atoms with Crippen LogP contribution >= 0.6 is 0 Å². The average molecular weight is 243 g/mol. The molecule has 0 spiro atoms. The molecule has 1 atom stereocenters. The highest BCUT2D eigenvalue weighted by Gasteiger charge is 2.28. The number of non-ortho nitro benzene ring substituents is 1. The molecule has 0 radical (unpaired) electrons. The number of nitro benzene ring substituents is 1. The Morgan fingerprint density at radius 2 is 1.83 bits per heavy atom. The highest BCUT2D eigenvalue weighted by atomic mass is 16.6. The van der Waals surface area contributed by atoms with Crippen LogP contribution < -0.4 is 0 Å². The summed E-state index contributed by atoms with van der Waals surface area (Å²) in [5, 5.41) is 30.3. The number of rotatable bonds is 1. The molecule has 18 heavy (non-hydrogen) atoms. The zero-order valence-electron chi connectivity index (χ0n) is 9.20. The quantitative estimate of drug-likeness (QED) is 0.594. The lowest BCUT2D eigenvalue weighted by Gasteiger charge is -2.04. The highest BCUT2D eigenvalue weighted by molar-refractivity contribution is 5.80. The molecule has 2 aromatic rings. The first kappa shape index (κ1) is 10.7. The van der Waals surface area contributed by atoms with E-state index in [-0.39, 0.29) is 11.4 Å². The van der Waals surface area contributed by atoms with Gasteiger partial charge in [0.1, 0.15) is 11.9 Å². The average Bonchev–Trinajstić information content (AvgIpc) is 2.62. The van der Waals surface area contributed by atoms with Crippen LogP contribution in [0.15, 0.2) is 36.4 Å². The fourth-order valence-electron chi connectivity index (χ4n) is 2.32. The maximum absolute atomic E-state index is 10.7. The summed E-state index contributed by atoms with van der Waals surface area (Å²) in [7, 11) is 0. The van der Waals surface area contributed by atoms with Crippen molar-refractivity contribution in [1.82, 2.24) is 0 Å². The number of hydrogen-bond donors (Lipinski definition) is 2. The van der Waals surface area contributed by atoms with E-state index in [1.807, 2.05) is 0 Å². The van der Waals surface area contributed by atoms with E-state index in [1.165, 1.54) is 18.2 Å². The van der Waals surface area contributed by atoms with Gasteiger partial charge in [-0.2, -0.15) is 0 Å². The molecular weight excluding hydrogens is 234 g/mol. The van der Waals surface area contributed by atoms with Gasteiger partial charge in [-0.25, -0.2) is 0 Å². The summed E-state index contributed by atoms with van der Waals surface area (Å²) in [5.74, 6) is 0.104. The van der Waals surface area contributed by atoms with Gasteiger partial charge in [-0.1, -0.05) is 6.07 Å². The second-order valence-corrected chi connectivity index (χ2v) is 4.20. The molecule has 0 aliphatic heterocycles. The van der Waals surface area contributed by atoms with Gasteiger partial charge >= 0.3 is 0 Å². The summed E-state index contributed by atoms with van der Waals surface area (Å²) in [4.78, 5) is 10.2. The highest BCUT2D eigenvalue weighted by Crippen LogP contribution is 2.45. The van der Waals surface area contributed by atoms with Crippen molar-refractivity contribution in [2.45, 2.75) is 6.10 Å². The van der Waals surface area contributed by atoms with Gasteiger partial charge in [0.05, 0.1) is 4.92 Å². The molecule has 0 saturated heterocycles. The zero-order valence-corrected chi connectivity index (χ0v) is 9.20. The van der Waals surface area contributed by atoms with Gasteiger partial charge < -0.3 is 10.2 Å². The van der Waals surface area contributed by atoms with Crippen molar-refractivity contribution in [3.05, 3.63) is 57.6 Å². The van der Waals surface area contributed by atoms with E-state index in [9.17, 15) is 20.3 Å². The van der Waals surface area contributed by atoms with Gasteiger partial charge in [0.2, 0.25) is 0 Å². The largest absolute Gasteiger partial charge is 0.508 e. The smallest absolute Gasteiger partial charge is 0.269 e. The third-order valence-corrected chi connectivity index (χ3v) is 3.16. The molecule has 0 bridgehead atoms. The van der Waals surface area contributed by atoms with Gasteiger partial charge in [-0.05, 0) is 40.5 Å². The number of benzene rings is 2. The number of aliphatic hydroxyl groups excluding tert-OH is 1. The van der Waals surface area contributed by atoms with Crippen molar-refractivity contribution < 1.29 is 15.1 Å². The normalized spacial score (nSPS) is 16.2. The van der Waals surface area contributed by atoms with E-state index in [1.54, 1.807) is 18.2 Å². The molecule has 5 heteroatoms. The minimum atomic E-state index is -0.879. The lowest BCUT2D eigenvalue weighted by Crippen LogP contribution is -1.95. The first-order valence-corrected chi connectivity index (χ1v) is 5.37. The van der Waals surface area contributed by atoms with Gasteiger partial charge in [0, 0.05) is 12.1 Å². The van der Waals surface area contributed by atoms with Crippen LogP contribution in [0.25, 0.3) is 11.1 Å². The standard InChI is InChI=1S/C13H9NO4/c15-8-2-4-10-11(6-8)9-3-1-7(14(17)18)5-12(9)13(10)16/h1-6,13,15-16H. The third kappa shape index (κ3) is 1.38. The number of aliphatic hydroxyl groups is 1. The topological polar surface area (TPSA) is 83.6 Å². The van der Waals surface area contributed by atoms with Crippen molar-refractivity contribution in [2.75, 3.05) is 0 Å². The number of nitro groups is 1. The summed E-state index contributed by atoms with van der Waals surface area (Å²) < 4.78 is 0. The van der Waals surface area contributed by atoms with Gasteiger partial charge in [-0.15, -0.1) is 0 Å². The molecule has 0 aromatic heterocycles. The van der Waals surface area contributed by atoms with E-state index in [4.69, 9.17) is 0 Å². The van der Waals surface area contributed by atoms with E-state index >= 15 is 0 Å². The molecule has 3 rings (SSSR count). The SMILES string of the molecule is O=[N+]([O-])c1ccc2c(c1)C(O)c1ccc(O)cc1-2. The Morgan fingerprint density at radius 1 is 1.06 bits per heavy atom. The van der Waals surface area contributed by atoms with Crippen LogP contribution in [-0.4, -0.2) is 15.1 Å². The molecule has 2 N–H and O–H groups in total. The second kappa shape index (κ2) is 3.54. The van der Waals surface area contributed by atoms with Crippen LogP contribution in [0, 0.1) is 10.1 Å². The molecule has 5 nitrogen and oxygen atoms in total. The lowest BCUT2D eigenvalue weighted by molar-refractivity contribution is -0.384. The molecule has 0 saturated carbocycles. The summed E-state index contributed by atoms with van der Waals surface area (Å²) >= 11 is 0. The number of fused-ring (bicyclic) bond motifs is 3.